The van der Waals surface area contributed by atoms with Crippen LogP contribution in [0.15, 0.2) is 54.6 Å². The van der Waals surface area contributed by atoms with Crippen molar-refractivity contribution in [2.45, 2.75) is 50.1 Å². The van der Waals surface area contributed by atoms with Gasteiger partial charge in [0, 0.05) is 12.5 Å². The minimum absolute atomic E-state index is 0.0900. The number of amides is 1. The van der Waals surface area contributed by atoms with E-state index in [0.717, 1.165) is 11.1 Å². The Balaban J connectivity index is 1.59. The van der Waals surface area contributed by atoms with Gasteiger partial charge in [-0.2, -0.15) is 0 Å². The molecule has 2 saturated heterocycles. The summed E-state index contributed by atoms with van der Waals surface area (Å²) in [5.74, 6) is 0.141. The first-order chi connectivity index (χ1) is 15.4. The summed E-state index contributed by atoms with van der Waals surface area (Å²) in [5.41, 5.74) is -0.632. The van der Waals surface area contributed by atoms with Crippen molar-refractivity contribution in [3.05, 3.63) is 65.7 Å². The van der Waals surface area contributed by atoms with Crippen molar-refractivity contribution in [2.75, 3.05) is 13.7 Å². The molecule has 0 aromatic heterocycles. The molecule has 0 spiro atoms. The number of aliphatic hydroxyl groups excluding tert-OH is 1. The minimum Gasteiger partial charge on any atom is -0.497 e. The molecule has 1 amide bonds. The average molecular weight is 445 g/mol. The van der Waals surface area contributed by atoms with Gasteiger partial charge in [0.2, 0.25) is 17.9 Å². The Morgan fingerprint density at radius 3 is 2.53 bits per heavy atom. The van der Waals surface area contributed by atoms with Crippen LogP contribution in [0.5, 0.6) is 5.75 Å². The minimum atomic E-state index is -2.22. The topological polar surface area (TPSA) is 116 Å². The summed E-state index contributed by atoms with van der Waals surface area (Å²) in [6.45, 7) is 1.43. The summed E-state index contributed by atoms with van der Waals surface area (Å²) in [7, 11) is 1.58. The molecule has 2 aromatic rings. The highest BCUT2D eigenvalue weighted by molar-refractivity contribution is 5.73. The van der Waals surface area contributed by atoms with Crippen LogP contribution in [0.25, 0.3) is 0 Å². The normalized spacial score (nSPS) is 32.1. The van der Waals surface area contributed by atoms with E-state index in [2.05, 4.69) is 5.32 Å². The number of rotatable bonds is 6. The fraction of sp³-hybridized carbons (Fsp3) is 0.435. The molecule has 0 bridgehead atoms. The molecule has 0 saturated carbocycles. The number of fused-ring (bicyclic) bond motifs is 1. The lowest BCUT2D eigenvalue weighted by Gasteiger charge is -2.51. The number of hydrogen-bond donors (Lipinski definition) is 3. The van der Waals surface area contributed by atoms with Crippen LogP contribution in [0.3, 0.4) is 0 Å². The van der Waals surface area contributed by atoms with E-state index < -0.39 is 42.5 Å². The van der Waals surface area contributed by atoms with E-state index >= 15 is 0 Å². The lowest BCUT2D eigenvalue weighted by molar-refractivity contribution is -0.390. The molecule has 1 unspecified atom stereocenters. The highest BCUT2D eigenvalue weighted by Gasteiger charge is 2.59. The predicted octanol–water partition coefficient (Wildman–Crippen LogP) is 1.24. The van der Waals surface area contributed by atoms with Crippen LogP contribution in [0.1, 0.15) is 24.3 Å². The molecule has 6 atom stereocenters. The highest BCUT2D eigenvalue weighted by atomic mass is 16.7. The number of carbonyl (C=O) groups excluding carboxylic acids is 1. The van der Waals surface area contributed by atoms with Gasteiger partial charge in [0.15, 0.2) is 6.29 Å². The summed E-state index contributed by atoms with van der Waals surface area (Å²) in [6.07, 6.45) is -5.14. The first kappa shape index (κ1) is 22.7. The lowest BCUT2D eigenvalue weighted by Crippen LogP contribution is -2.75. The molecule has 3 N–H and O–H groups in total. The zero-order valence-electron chi connectivity index (χ0n) is 17.8. The Morgan fingerprint density at radius 1 is 1.16 bits per heavy atom. The van der Waals surface area contributed by atoms with Gasteiger partial charge in [-0.3, -0.25) is 4.79 Å². The summed E-state index contributed by atoms with van der Waals surface area (Å²) in [5, 5.41) is 24.2. The van der Waals surface area contributed by atoms with Crippen LogP contribution in [0.2, 0.25) is 0 Å². The molecule has 0 aliphatic carbocycles. The van der Waals surface area contributed by atoms with Crippen molar-refractivity contribution >= 4 is 5.91 Å². The Labute approximate surface area is 185 Å². The van der Waals surface area contributed by atoms with Gasteiger partial charge in [-0.1, -0.05) is 42.5 Å². The number of benzene rings is 2. The largest absolute Gasteiger partial charge is 0.497 e. The quantitative estimate of drug-likeness (QED) is 0.569. The van der Waals surface area contributed by atoms with Crippen LogP contribution in [-0.2, 0) is 30.3 Å². The molecule has 2 aromatic carbocycles. The second-order valence-electron chi connectivity index (χ2n) is 7.79. The molecule has 9 heteroatoms. The molecule has 2 fully saturated rings. The first-order valence-corrected chi connectivity index (χ1v) is 10.3. The maximum Gasteiger partial charge on any atom is 0.219 e. The highest BCUT2D eigenvalue weighted by Crippen LogP contribution is 2.38. The molecular formula is C23H27NO8. The maximum absolute atomic E-state index is 11.8. The Morgan fingerprint density at radius 2 is 1.88 bits per heavy atom. The van der Waals surface area contributed by atoms with Crippen LogP contribution in [0.4, 0.5) is 0 Å². The molecule has 172 valence electrons. The second kappa shape index (κ2) is 9.53. The van der Waals surface area contributed by atoms with Crippen molar-refractivity contribution < 1.29 is 38.7 Å². The third kappa shape index (κ3) is 4.63. The smallest absolute Gasteiger partial charge is 0.219 e. The van der Waals surface area contributed by atoms with E-state index in [1.807, 2.05) is 42.5 Å². The van der Waals surface area contributed by atoms with Crippen LogP contribution in [0, 0.1) is 0 Å². The lowest BCUT2D eigenvalue weighted by atomic mass is 9.92. The van der Waals surface area contributed by atoms with Gasteiger partial charge in [0.25, 0.3) is 0 Å². The fourth-order valence-corrected chi connectivity index (χ4v) is 3.92. The number of carbonyl (C=O) groups is 1. The van der Waals surface area contributed by atoms with Gasteiger partial charge in [-0.05, 0) is 17.7 Å². The third-order valence-electron chi connectivity index (χ3n) is 5.51. The van der Waals surface area contributed by atoms with Gasteiger partial charge < -0.3 is 39.2 Å². The SMILES string of the molecule is COc1ccc(CO[C@H]2[C@@H]3OC(c4ccccc4)OC[C@H]3O[C@@H](O)[C@@]2(O)NC(C)=O)cc1. The molecular weight excluding hydrogens is 418 g/mol. The van der Waals surface area contributed by atoms with Crippen molar-refractivity contribution in [2.24, 2.45) is 0 Å². The van der Waals surface area contributed by atoms with E-state index in [-0.39, 0.29) is 13.2 Å². The van der Waals surface area contributed by atoms with Crippen molar-refractivity contribution in [1.29, 1.82) is 0 Å². The van der Waals surface area contributed by atoms with Crippen LogP contribution in [-0.4, -0.2) is 60.2 Å². The maximum atomic E-state index is 11.8. The van der Waals surface area contributed by atoms with Crippen molar-refractivity contribution in [1.82, 2.24) is 5.32 Å². The monoisotopic (exact) mass is 445 g/mol. The molecule has 2 heterocycles. The van der Waals surface area contributed by atoms with Gasteiger partial charge in [-0.25, -0.2) is 0 Å². The first-order valence-electron chi connectivity index (χ1n) is 10.3. The zero-order valence-corrected chi connectivity index (χ0v) is 17.8. The van der Waals surface area contributed by atoms with E-state index in [9.17, 15) is 15.0 Å². The molecule has 2 aliphatic heterocycles. The summed E-state index contributed by atoms with van der Waals surface area (Å²) >= 11 is 0. The molecule has 32 heavy (non-hydrogen) atoms. The number of nitrogens with one attached hydrogen (secondary N) is 1. The van der Waals surface area contributed by atoms with Crippen molar-refractivity contribution in [3.8, 4) is 5.75 Å². The fourth-order valence-electron chi connectivity index (χ4n) is 3.92. The standard InChI is InChI=1S/C23H27NO8/c1-14(25)24-23(27)20(29-12-15-8-10-17(28-2)11-9-15)19-18(31-22(23)26)13-30-21(32-19)16-6-4-3-5-7-16/h3-11,18-22,26-27H,12-13H2,1-2H3,(H,24,25)/t18-,19-,20+,21?,22-,23-/m1/s1. The van der Waals surface area contributed by atoms with Crippen molar-refractivity contribution in [3.63, 3.8) is 0 Å². The van der Waals surface area contributed by atoms with Crippen LogP contribution >= 0.6 is 0 Å². The molecule has 4 rings (SSSR count). The Bertz CT molecular complexity index is 908. The Kier molecular flexibility index (Phi) is 6.75. The van der Waals surface area contributed by atoms with Gasteiger partial charge in [0.05, 0.1) is 20.3 Å². The summed E-state index contributed by atoms with van der Waals surface area (Å²) in [6, 6.07) is 16.5. The molecule has 0 radical (unpaired) electrons. The van der Waals surface area contributed by atoms with E-state index in [4.69, 9.17) is 23.7 Å². The Hall–Kier alpha value is -2.53. The summed E-state index contributed by atoms with van der Waals surface area (Å²) in [4.78, 5) is 11.8. The zero-order chi connectivity index (χ0) is 22.7. The molecule has 2 aliphatic rings. The number of aliphatic hydroxyl groups is 2. The van der Waals surface area contributed by atoms with E-state index in [1.54, 1.807) is 19.2 Å². The average Bonchev–Trinajstić information content (AvgIpc) is 2.80. The van der Waals surface area contributed by atoms with Gasteiger partial charge >= 0.3 is 0 Å². The van der Waals surface area contributed by atoms with E-state index in [0.29, 0.717) is 5.75 Å². The number of hydrogen-bond acceptors (Lipinski definition) is 8. The van der Waals surface area contributed by atoms with E-state index in [1.165, 1.54) is 6.92 Å². The second-order valence-corrected chi connectivity index (χ2v) is 7.79. The summed E-state index contributed by atoms with van der Waals surface area (Å²) < 4.78 is 28.7. The molecule has 9 nitrogen and oxygen atoms in total. The van der Waals surface area contributed by atoms with Crippen LogP contribution < -0.4 is 10.1 Å². The van der Waals surface area contributed by atoms with Gasteiger partial charge in [0.1, 0.15) is 24.1 Å². The number of ether oxygens (including phenoxy) is 5. The number of methoxy groups -OCH3 is 1. The van der Waals surface area contributed by atoms with Gasteiger partial charge in [-0.15, -0.1) is 0 Å². The predicted molar refractivity (Wildman–Crippen MR) is 111 cm³/mol. The third-order valence-corrected chi connectivity index (χ3v) is 5.51.